The van der Waals surface area contributed by atoms with Crippen molar-refractivity contribution in [2.45, 2.75) is 64.8 Å². The first-order chi connectivity index (χ1) is 17.3. The summed E-state index contributed by atoms with van der Waals surface area (Å²) in [7, 11) is -4.57. The topological polar surface area (TPSA) is 66.0 Å². The molecule has 0 aliphatic heterocycles. The molecule has 0 spiro atoms. The highest BCUT2D eigenvalue weighted by molar-refractivity contribution is 7.85. The van der Waals surface area contributed by atoms with Gasteiger partial charge in [0, 0.05) is 0 Å². The maximum absolute atomic E-state index is 10.4. The maximum Gasteiger partial charge on any atom is 0.249 e. The lowest BCUT2D eigenvalue weighted by molar-refractivity contribution is -0.676. The third kappa shape index (κ3) is 7.85. The van der Waals surface area contributed by atoms with Crippen molar-refractivity contribution in [2.24, 2.45) is 0 Å². The van der Waals surface area contributed by atoms with Crippen LogP contribution in [0.2, 0.25) is 0 Å². The van der Waals surface area contributed by atoms with Gasteiger partial charge in [-0.1, -0.05) is 86.5 Å². The van der Waals surface area contributed by atoms with E-state index in [0.717, 1.165) is 11.8 Å². The molecule has 196 valence electrons. The molecule has 0 amide bonds. The fourth-order valence-electron chi connectivity index (χ4n) is 4.35. The molecule has 4 rings (SSSR count). The lowest BCUT2D eigenvalue weighted by Crippen LogP contribution is -2.35. The predicted octanol–water partition coefficient (Wildman–Crippen LogP) is 6.15. The Morgan fingerprint density at radius 2 is 1.43 bits per heavy atom. The zero-order chi connectivity index (χ0) is 27.4. The summed E-state index contributed by atoms with van der Waals surface area (Å²) in [5, 5.41) is 1.74. The second kappa shape index (κ2) is 11.7. The van der Waals surface area contributed by atoms with Crippen molar-refractivity contribution in [2.75, 3.05) is 0 Å². The molecule has 0 N–H and O–H groups in total. The van der Waals surface area contributed by atoms with E-state index >= 15 is 0 Å². The molecular weight excluding hydrogens is 499 g/mol. The number of hydrogen-bond donors (Lipinski definition) is 0. The second-order valence-electron chi connectivity index (χ2n) is 10.4. The van der Waals surface area contributed by atoms with E-state index in [2.05, 4.69) is 112 Å². The summed E-state index contributed by atoms with van der Waals surface area (Å²) in [6, 6.07) is 21.3. The van der Waals surface area contributed by atoms with Gasteiger partial charge in [0.25, 0.3) is 0 Å². The van der Waals surface area contributed by atoms with Gasteiger partial charge in [-0.25, -0.2) is 17.6 Å². The summed E-state index contributed by atoms with van der Waals surface area (Å²) in [6.07, 6.45) is 7.68. The van der Waals surface area contributed by atoms with E-state index in [1.807, 2.05) is 6.92 Å². The summed E-state index contributed by atoms with van der Waals surface area (Å²) in [5.41, 5.74) is 6.20. The molecule has 3 aromatic carbocycles. The molecule has 5 nitrogen and oxygen atoms in total. The molecule has 1 heterocycles. The molecule has 0 aliphatic rings. The van der Waals surface area contributed by atoms with Gasteiger partial charge in [0.1, 0.15) is 34.5 Å². The van der Waals surface area contributed by atoms with Gasteiger partial charge in [-0.05, 0) is 69.3 Å². The van der Waals surface area contributed by atoms with Crippen LogP contribution >= 0.6 is 7.92 Å². The molecule has 0 saturated heterocycles. The van der Waals surface area contributed by atoms with E-state index in [0.29, 0.717) is 0 Å². The minimum Gasteiger partial charge on any atom is -0.744 e. The predicted molar refractivity (Wildman–Crippen MR) is 152 cm³/mol. The molecule has 0 radical (unpaired) electrons. The van der Waals surface area contributed by atoms with Crippen LogP contribution in [0.4, 0.5) is 0 Å². The number of imidazole rings is 1. The van der Waals surface area contributed by atoms with Crippen molar-refractivity contribution < 1.29 is 17.5 Å². The van der Waals surface area contributed by atoms with Crippen molar-refractivity contribution in [3.8, 4) is 5.69 Å². The van der Waals surface area contributed by atoms with Crippen LogP contribution < -0.4 is 9.87 Å². The van der Waals surface area contributed by atoms with E-state index in [1.165, 1.54) is 39.8 Å². The summed E-state index contributed by atoms with van der Waals surface area (Å²) < 4.78 is 35.8. The highest BCUT2D eigenvalue weighted by Gasteiger charge is 2.28. The number of benzene rings is 3. The number of hydrogen-bond acceptors (Lipinski definition) is 3. The highest BCUT2D eigenvalue weighted by Crippen LogP contribution is 2.48. The zero-order valence-corrected chi connectivity index (χ0v) is 24.5. The minimum absolute atomic E-state index is 0.178. The van der Waals surface area contributed by atoms with E-state index in [4.69, 9.17) is 0 Å². The van der Waals surface area contributed by atoms with E-state index < -0.39 is 10.1 Å². The first kappa shape index (κ1) is 28.8. The molecule has 0 fully saturated rings. The van der Waals surface area contributed by atoms with Crippen LogP contribution in [0.3, 0.4) is 0 Å². The highest BCUT2D eigenvalue weighted by atomic mass is 32.2. The molecule has 0 bridgehead atoms. The Kier molecular flexibility index (Phi) is 9.12. The number of aromatic nitrogens is 2. The van der Waals surface area contributed by atoms with Gasteiger partial charge in [-0.3, -0.25) is 0 Å². The van der Waals surface area contributed by atoms with E-state index in [1.54, 1.807) is 12.1 Å². The van der Waals surface area contributed by atoms with Gasteiger partial charge in [0.2, 0.25) is 6.33 Å². The van der Waals surface area contributed by atoms with Crippen molar-refractivity contribution in [3.63, 3.8) is 0 Å². The van der Waals surface area contributed by atoms with E-state index in [-0.39, 0.29) is 18.0 Å². The van der Waals surface area contributed by atoms with Crippen LogP contribution in [0.25, 0.3) is 5.69 Å². The van der Waals surface area contributed by atoms with Crippen molar-refractivity contribution in [1.82, 2.24) is 4.57 Å². The smallest absolute Gasteiger partial charge is 0.249 e. The minimum atomic E-state index is -4.27. The Morgan fingerprint density at radius 1 is 0.865 bits per heavy atom. The number of nitrogens with zero attached hydrogens (tertiary/aromatic N) is 2. The monoisotopic (exact) mass is 536 g/mol. The van der Waals surface area contributed by atoms with Gasteiger partial charge >= 0.3 is 0 Å². The molecular formula is C30H37N2O3PS. The molecule has 1 aromatic heterocycles. The summed E-state index contributed by atoms with van der Waals surface area (Å²) in [5.74, 6) is 0. The third-order valence-corrected chi connectivity index (χ3v) is 10.1. The molecule has 7 heteroatoms. The van der Waals surface area contributed by atoms with Gasteiger partial charge in [0.05, 0.1) is 4.90 Å². The fourth-order valence-corrected chi connectivity index (χ4v) is 7.20. The van der Waals surface area contributed by atoms with Crippen LogP contribution in [0.1, 0.15) is 43.0 Å². The standard InChI is InChI=1S/C23H30N2P.C7H8O3S/c1-18-14-19(2)22(20(3)15-18)25-13-12-24(16-25)17-26(23(4,5)6)21-10-8-7-9-11-21;1-6-2-4-7(5-3-6)11(8,9)10/h7-16H,17H2,1-6H3;2-5H,1H3,(H,8,9,10)/q+1;/p-1/t26-;/m0./s1. The average molecular weight is 537 g/mol. The normalized spacial score (nSPS) is 12.5. The Morgan fingerprint density at radius 3 is 1.95 bits per heavy atom. The van der Waals surface area contributed by atoms with Crippen molar-refractivity contribution in [3.05, 3.63) is 108 Å². The first-order valence-corrected chi connectivity index (χ1v) is 15.2. The van der Waals surface area contributed by atoms with Gasteiger partial charge in [0.15, 0.2) is 0 Å². The molecule has 0 saturated carbocycles. The molecule has 4 aromatic rings. The Labute approximate surface area is 223 Å². The molecule has 0 unspecified atom stereocenters. The second-order valence-corrected chi connectivity index (χ2v) is 14.8. The van der Waals surface area contributed by atoms with Gasteiger partial charge in [-0.2, -0.15) is 0 Å². The first-order valence-electron chi connectivity index (χ1n) is 12.3. The van der Waals surface area contributed by atoms with E-state index in [9.17, 15) is 13.0 Å². The van der Waals surface area contributed by atoms with Crippen LogP contribution in [0.5, 0.6) is 0 Å². The van der Waals surface area contributed by atoms with Gasteiger partial charge in [-0.15, -0.1) is 0 Å². The zero-order valence-electron chi connectivity index (χ0n) is 22.8. The van der Waals surface area contributed by atoms with Crippen LogP contribution in [-0.4, -0.2) is 22.7 Å². The summed E-state index contributed by atoms with van der Waals surface area (Å²) >= 11 is 0. The SMILES string of the molecule is Cc1cc(C)c(-n2cc[n+](C[P@@](c3ccccc3)C(C)(C)C)c2)c(C)c1.Cc1ccc(S(=O)(=O)[O-])cc1. The lowest BCUT2D eigenvalue weighted by atomic mass is 10.1. The van der Waals surface area contributed by atoms with Crippen LogP contribution in [-0.2, 0) is 16.4 Å². The summed E-state index contributed by atoms with van der Waals surface area (Å²) in [4.78, 5) is -0.178. The number of rotatable bonds is 5. The average Bonchev–Trinajstić information content (AvgIpc) is 3.25. The Bertz CT molecular complexity index is 1420. The molecule has 37 heavy (non-hydrogen) atoms. The number of aryl methyl sites for hydroxylation is 4. The Balaban J connectivity index is 0.000000289. The molecule has 1 atom stereocenters. The largest absolute Gasteiger partial charge is 0.744 e. The Hall–Kier alpha value is -2.79. The van der Waals surface area contributed by atoms with Gasteiger partial charge < -0.3 is 4.55 Å². The maximum atomic E-state index is 10.4. The van der Waals surface area contributed by atoms with Crippen molar-refractivity contribution >= 4 is 23.3 Å². The summed E-state index contributed by atoms with van der Waals surface area (Å²) in [6.45, 7) is 15.5. The van der Waals surface area contributed by atoms with Crippen molar-refractivity contribution in [1.29, 1.82) is 0 Å². The van der Waals surface area contributed by atoms with Crippen LogP contribution in [0.15, 0.2) is 90.3 Å². The lowest BCUT2D eigenvalue weighted by Gasteiger charge is -2.30. The van der Waals surface area contributed by atoms with Crippen LogP contribution in [0, 0.1) is 27.7 Å². The quantitative estimate of drug-likeness (QED) is 0.175. The fraction of sp³-hybridized carbons (Fsp3) is 0.300. The molecule has 0 aliphatic carbocycles. The third-order valence-electron chi connectivity index (χ3n) is 6.08.